The van der Waals surface area contributed by atoms with E-state index in [1.165, 1.54) is 0 Å². The fraction of sp³-hybridized carbons (Fsp3) is 0.267. The fourth-order valence-corrected chi connectivity index (χ4v) is 5.07. The lowest BCUT2D eigenvalue weighted by Gasteiger charge is -2.23. The van der Waals surface area contributed by atoms with Crippen molar-refractivity contribution in [1.82, 2.24) is 30.0 Å². The van der Waals surface area contributed by atoms with Crippen molar-refractivity contribution in [2.75, 3.05) is 30.4 Å². The monoisotopic (exact) mass is 520 g/mol. The first kappa shape index (κ1) is 24.8. The molecule has 1 fully saturated rings. The molecule has 198 valence electrons. The summed E-state index contributed by atoms with van der Waals surface area (Å²) in [6, 6.07) is 16.6. The van der Waals surface area contributed by atoms with Crippen LogP contribution in [0.3, 0.4) is 0 Å². The first-order valence-electron chi connectivity index (χ1n) is 13.2. The average molecular weight is 521 g/mol. The van der Waals surface area contributed by atoms with Crippen molar-refractivity contribution < 1.29 is 4.74 Å². The SMILES string of the molecule is Cc1ccc2c(N(C)c3cnn(C)c3)cccc2c1Oc1ncccc1-c1ccnc(N[C@H]2CCCNC2)n1. The number of nitrogens with one attached hydrogen (secondary N) is 2. The highest BCUT2D eigenvalue weighted by Crippen LogP contribution is 2.40. The van der Waals surface area contributed by atoms with E-state index in [-0.39, 0.29) is 0 Å². The van der Waals surface area contributed by atoms with Crippen molar-refractivity contribution in [1.29, 1.82) is 0 Å². The van der Waals surface area contributed by atoms with Gasteiger partial charge in [0.15, 0.2) is 0 Å². The van der Waals surface area contributed by atoms with E-state index in [9.17, 15) is 0 Å². The zero-order valence-electron chi connectivity index (χ0n) is 22.4. The summed E-state index contributed by atoms with van der Waals surface area (Å²) in [5.74, 6) is 1.89. The lowest BCUT2D eigenvalue weighted by molar-refractivity contribution is 0.466. The van der Waals surface area contributed by atoms with Gasteiger partial charge in [0, 0.05) is 61.7 Å². The van der Waals surface area contributed by atoms with Gasteiger partial charge in [0.2, 0.25) is 11.8 Å². The van der Waals surface area contributed by atoms with E-state index in [0.29, 0.717) is 17.9 Å². The number of hydrogen-bond donors (Lipinski definition) is 2. The predicted octanol–water partition coefficient (Wildman–Crippen LogP) is 5.46. The van der Waals surface area contributed by atoms with Crippen LogP contribution < -0.4 is 20.3 Å². The Bertz CT molecular complexity index is 1610. The summed E-state index contributed by atoms with van der Waals surface area (Å²) in [6.07, 6.45) is 9.62. The van der Waals surface area contributed by atoms with Crippen LogP contribution in [0.5, 0.6) is 11.6 Å². The maximum Gasteiger partial charge on any atom is 0.228 e. The second kappa shape index (κ2) is 10.7. The number of ether oxygens (including phenoxy) is 1. The average Bonchev–Trinajstić information content (AvgIpc) is 3.41. The van der Waals surface area contributed by atoms with Crippen LogP contribution in [0.4, 0.5) is 17.3 Å². The molecule has 1 saturated heterocycles. The van der Waals surface area contributed by atoms with Crippen molar-refractivity contribution in [2.24, 2.45) is 7.05 Å². The third-order valence-electron chi connectivity index (χ3n) is 7.16. The summed E-state index contributed by atoms with van der Waals surface area (Å²) < 4.78 is 8.41. The lowest BCUT2D eigenvalue weighted by Crippen LogP contribution is -2.38. The molecule has 1 aliphatic heterocycles. The molecule has 0 spiro atoms. The van der Waals surface area contributed by atoms with Crippen molar-refractivity contribution in [3.63, 3.8) is 0 Å². The smallest absolute Gasteiger partial charge is 0.228 e. The summed E-state index contributed by atoms with van der Waals surface area (Å²) >= 11 is 0. The molecule has 1 atom stereocenters. The summed E-state index contributed by atoms with van der Waals surface area (Å²) in [6.45, 7) is 4.03. The van der Waals surface area contributed by atoms with Gasteiger partial charge in [0.05, 0.1) is 23.1 Å². The molecule has 0 aliphatic carbocycles. The maximum absolute atomic E-state index is 6.61. The summed E-state index contributed by atoms with van der Waals surface area (Å²) in [5, 5.41) is 13.3. The van der Waals surface area contributed by atoms with Gasteiger partial charge in [-0.15, -0.1) is 0 Å². The quantitative estimate of drug-likeness (QED) is 0.292. The molecule has 4 heterocycles. The van der Waals surface area contributed by atoms with Gasteiger partial charge in [-0.1, -0.05) is 24.3 Å². The topological polar surface area (TPSA) is 93.0 Å². The molecule has 9 heteroatoms. The third-order valence-corrected chi connectivity index (χ3v) is 7.16. The molecule has 2 N–H and O–H groups in total. The molecule has 3 aromatic heterocycles. The van der Waals surface area contributed by atoms with Crippen molar-refractivity contribution in [3.8, 4) is 22.9 Å². The second-order valence-electron chi connectivity index (χ2n) is 9.93. The highest BCUT2D eigenvalue weighted by molar-refractivity contribution is 6.00. The first-order chi connectivity index (χ1) is 19.1. The molecule has 1 aliphatic rings. The standard InChI is InChI=1S/C30H32N8O/c1-20-11-12-23-24(8-4-10-27(23)38(3)22-18-34-37(2)19-22)28(20)39-29-25(9-6-15-32-29)26-13-16-33-30(36-26)35-21-7-5-14-31-17-21/h4,6,8-13,15-16,18-19,21,31H,5,7,14,17H2,1-3H3,(H,33,35,36)/t21-/m0/s1. The normalized spacial score (nSPS) is 15.3. The van der Waals surface area contributed by atoms with E-state index in [1.54, 1.807) is 17.1 Å². The van der Waals surface area contributed by atoms with Gasteiger partial charge in [-0.05, 0) is 56.1 Å². The van der Waals surface area contributed by atoms with E-state index < -0.39 is 0 Å². The Morgan fingerprint density at radius 2 is 1.97 bits per heavy atom. The van der Waals surface area contributed by atoms with E-state index in [1.807, 2.05) is 44.7 Å². The largest absolute Gasteiger partial charge is 0.437 e. The Hall–Kier alpha value is -4.50. The Labute approximate surface area is 227 Å². The van der Waals surface area contributed by atoms with Gasteiger partial charge in [-0.25, -0.2) is 15.0 Å². The maximum atomic E-state index is 6.61. The highest BCUT2D eigenvalue weighted by Gasteiger charge is 2.18. The molecule has 9 nitrogen and oxygen atoms in total. The third kappa shape index (κ3) is 5.13. The van der Waals surface area contributed by atoms with Crippen LogP contribution in [0, 0.1) is 6.92 Å². The zero-order valence-corrected chi connectivity index (χ0v) is 22.4. The van der Waals surface area contributed by atoms with Crippen LogP contribution in [0.2, 0.25) is 0 Å². The van der Waals surface area contributed by atoms with Gasteiger partial charge in [-0.2, -0.15) is 5.10 Å². The summed E-state index contributed by atoms with van der Waals surface area (Å²) in [5.41, 5.74) is 4.67. The van der Waals surface area contributed by atoms with E-state index in [2.05, 4.69) is 67.9 Å². The zero-order chi connectivity index (χ0) is 26.8. The number of fused-ring (bicyclic) bond motifs is 1. The number of pyridine rings is 1. The highest BCUT2D eigenvalue weighted by atomic mass is 16.5. The minimum absolute atomic E-state index is 0.316. The molecule has 0 saturated carbocycles. The van der Waals surface area contributed by atoms with E-state index >= 15 is 0 Å². The molecule has 39 heavy (non-hydrogen) atoms. The van der Waals surface area contributed by atoms with Crippen molar-refractivity contribution in [2.45, 2.75) is 25.8 Å². The molecule has 2 aromatic carbocycles. The minimum atomic E-state index is 0.316. The van der Waals surface area contributed by atoms with Gasteiger partial charge < -0.3 is 20.3 Å². The summed E-state index contributed by atoms with van der Waals surface area (Å²) in [4.78, 5) is 16.0. The molecule has 6 rings (SSSR count). The van der Waals surface area contributed by atoms with Crippen LogP contribution in [-0.2, 0) is 7.05 Å². The Morgan fingerprint density at radius 1 is 1.05 bits per heavy atom. The van der Waals surface area contributed by atoms with Crippen LogP contribution in [-0.4, -0.2) is 50.9 Å². The van der Waals surface area contributed by atoms with E-state index in [0.717, 1.165) is 70.6 Å². The number of rotatable bonds is 7. The molecular formula is C30H32N8O. The van der Waals surface area contributed by atoms with Crippen molar-refractivity contribution in [3.05, 3.63) is 78.9 Å². The summed E-state index contributed by atoms with van der Waals surface area (Å²) in [7, 11) is 3.97. The van der Waals surface area contributed by atoms with Gasteiger partial charge in [0.25, 0.3) is 0 Å². The Kier molecular flexibility index (Phi) is 6.81. The molecule has 0 radical (unpaired) electrons. The number of piperidine rings is 1. The van der Waals surface area contributed by atoms with Gasteiger partial charge in [-0.3, -0.25) is 4.68 Å². The molecule has 0 amide bonds. The number of hydrogen-bond acceptors (Lipinski definition) is 8. The predicted molar refractivity (Wildman–Crippen MR) is 155 cm³/mol. The molecule has 0 unspecified atom stereocenters. The molecule has 5 aromatic rings. The number of nitrogens with zero attached hydrogens (tertiary/aromatic N) is 6. The first-order valence-corrected chi connectivity index (χ1v) is 13.2. The van der Waals surface area contributed by atoms with Crippen LogP contribution in [0.15, 0.2) is 73.3 Å². The van der Waals surface area contributed by atoms with Crippen LogP contribution >= 0.6 is 0 Å². The number of aromatic nitrogens is 5. The minimum Gasteiger partial charge on any atom is -0.437 e. The molecule has 0 bridgehead atoms. The number of anilines is 3. The van der Waals surface area contributed by atoms with Crippen molar-refractivity contribution >= 4 is 28.1 Å². The second-order valence-corrected chi connectivity index (χ2v) is 9.93. The van der Waals surface area contributed by atoms with Gasteiger partial charge >= 0.3 is 0 Å². The number of aryl methyl sites for hydroxylation is 2. The Morgan fingerprint density at radius 3 is 2.79 bits per heavy atom. The Balaban J connectivity index is 1.35. The fourth-order valence-electron chi connectivity index (χ4n) is 5.07. The van der Waals surface area contributed by atoms with Gasteiger partial charge in [0.1, 0.15) is 5.75 Å². The number of benzene rings is 2. The lowest BCUT2D eigenvalue weighted by atomic mass is 10.0. The van der Waals surface area contributed by atoms with E-state index in [4.69, 9.17) is 9.72 Å². The van der Waals surface area contributed by atoms with Crippen LogP contribution in [0.1, 0.15) is 18.4 Å². The van der Waals surface area contributed by atoms with Crippen LogP contribution in [0.25, 0.3) is 22.0 Å². The molecular weight excluding hydrogens is 488 g/mol.